The number of hydrogen-bond donors (Lipinski definition) is 1. The fourth-order valence-corrected chi connectivity index (χ4v) is 7.72. The van der Waals surface area contributed by atoms with E-state index in [9.17, 15) is 0 Å². The summed E-state index contributed by atoms with van der Waals surface area (Å²) in [6, 6.07) is 0. The van der Waals surface area contributed by atoms with E-state index in [0.717, 1.165) is 35.5 Å². The monoisotopic (exact) mass is 418 g/mol. The van der Waals surface area contributed by atoms with Crippen molar-refractivity contribution in [3.63, 3.8) is 0 Å². The predicted molar refractivity (Wildman–Crippen MR) is 133 cm³/mol. The van der Waals surface area contributed by atoms with Crippen LogP contribution in [0, 0.1) is 40.9 Å². The molecule has 0 aromatic carbocycles. The van der Waals surface area contributed by atoms with Crippen LogP contribution >= 0.6 is 12.6 Å². The molecule has 0 N–H and O–H groups in total. The third kappa shape index (κ3) is 5.67. The Morgan fingerprint density at radius 2 is 1.90 bits per heavy atom. The first-order chi connectivity index (χ1) is 13.8. The van der Waals surface area contributed by atoms with Crippen molar-refractivity contribution in [2.45, 2.75) is 123 Å². The Kier molecular flexibility index (Phi) is 8.68. The molecule has 0 spiro atoms. The Morgan fingerprint density at radius 3 is 2.62 bits per heavy atom. The van der Waals surface area contributed by atoms with Crippen LogP contribution in [0.25, 0.3) is 0 Å². The second kappa shape index (κ2) is 10.6. The molecule has 0 aromatic rings. The van der Waals surface area contributed by atoms with Gasteiger partial charge in [-0.15, -0.1) is 0 Å². The van der Waals surface area contributed by atoms with Crippen LogP contribution in [0.3, 0.4) is 0 Å². The summed E-state index contributed by atoms with van der Waals surface area (Å²) in [6.45, 7) is 12.3. The normalized spacial score (nSPS) is 38.7. The minimum Gasteiger partial charge on any atom is -0.176 e. The lowest BCUT2D eigenvalue weighted by Gasteiger charge is -2.52. The summed E-state index contributed by atoms with van der Waals surface area (Å²) < 4.78 is 0. The number of fused-ring (bicyclic) bond motifs is 1. The number of hydrogen-bond acceptors (Lipinski definition) is 1. The standard InChI is InChI=1S/C28H50S/c1-6-7-11-27-26(15-14-24-19-25(29)16-17-28(24,27)5)23-13-12-22(18-23)21(4)10-8-9-20(2)3/h14,20-23,25-27,29H,6-13,15-19H2,1-5H3/t21-,22+,23-,25+,26+,27+,28+/m1/s1. The van der Waals surface area contributed by atoms with E-state index in [1.54, 1.807) is 5.57 Å². The summed E-state index contributed by atoms with van der Waals surface area (Å²) >= 11 is 4.86. The van der Waals surface area contributed by atoms with Crippen molar-refractivity contribution in [3.8, 4) is 0 Å². The van der Waals surface area contributed by atoms with Crippen molar-refractivity contribution < 1.29 is 0 Å². The van der Waals surface area contributed by atoms with Gasteiger partial charge in [-0.3, -0.25) is 0 Å². The van der Waals surface area contributed by atoms with Gasteiger partial charge in [-0.25, -0.2) is 0 Å². The first-order valence-corrected chi connectivity index (χ1v) is 13.7. The lowest BCUT2D eigenvalue weighted by molar-refractivity contribution is 0.0635. The topological polar surface area (TPSA) is 0 Å². The van der Waals surface area contributed by atoms with E-state index in [-0.39, 0.29) is 0 Å². The molecule has 168 valence electrons. The molecular weight excluding hydrogens is 368 g/mol. The number of unbranched alkanes of at least 4 members (excludes halogenated alkanes) is 1. The van der Waals surface area contributed by atoms with Crippen LogP contribution in [0.4, 0.5) is 0 Å². The molecule has 0 nitrogen and oxygen atoms in total. The van der Waals surface area contributed by atoms with Crippen molar-refractivity contribution in [2.24, 2.45) is 40.9 Å². The van der Waals surface area contributed by atoms with Crippen LogP contribution in [-0.4, -0.2) is 5.25 Å². The molecule has 0 bridgehead atoms. The maximum Gasteiger partial charge on any atom is 0.00545 e. The Labute approximate surface area is 188 Å². The molecule has 7 atom stereocenters. The molecule has 0 unspecified atom stereocenters. The van der Waals surface area contributed by atoms with E-state index >= 15 is 0 Å². The van der Waals surface area contributed by atoms with Crippen molar-refractivity contribution in [3.05, 3.63) is 11.6 Å². The summed E-state index contributed by atoms with van der Waals surface area (Å²) in [5, 5.41) is 0.611. The maximum atomic E-state index is 4.86. The van der Waals surface area contributed by atoms with Gasteiger partial charge in [0, 0.05) is 5.25 Å². The van der Waals surface area contributed by atoms with Crippen molar-refractivity contribution in [2.75, 3.05) is 0 Å². The summed E-state index contributed by atoms with van der Waals surface area (Å²) in [6.07, 6.45) is 21.2. The van der Waals surface area contributed by atoms with Gasteiger partial charge in [0.15, 0.2) is 0 Å². The third-order valence-corrected chi connectivity index (χ3v) is 9.83. The van der Waals surface area contributed by atoms with Crippen LogP contribution in [0.15, 0.2) is 11.6 Å². The van der Waals surface area contributed by atoms with Crippen LogP contribution in [-0.2, 0) is 0 Å². The van der Waals surface area contributed by atoms with Gasteiger partial charge in [0.25, 0.3) is 0 Å². The highest BCUT2D eigenvalue weighted by molar-refractivity contribution is 7.80. The highest BCUT2D eigenvalue weighted by Crippen LogP contribution is 2.58. The molecule has 2 fully saturated rings. The minimum atomic E-state index is 0.484. The van der Waals surface area contributed by atoms with Crippen molar-refractivity contribution in [1.82, 2.24) is 0 Å². The molecule has 0 amide bonds. The first-order valence-electron chi connectivity index (χ1n) is 13.2. The van der Waals surface area contributed by atoms with Crippen molar-refractivity contribution in [1.29, 1.82) is 0 Å². The lowest BCUT2D eigenvalue weighted by Crippen LogP contribution is -2.43. The Morgan fingerprint density at radius 1 is 1.10 bits per heavy atom. The van der Waals surface area contributed by atoms with E-state index in [2.05, 4.69) is 40.7 Å². The Bertz CT molecular complexity index is 534. The molecule has 0 saturated heterocycles. The maximum absolute atomic E-state index is 4.86. The van der Waals surface area contributed by atoms with Gasteiger partial charge >= 0.3 is 0 Å². The van der Waals surface area contributed by atoms with Gasteiger partial charge in [-0.1, -0.05) is 78.4 Å². The molecule has 0 radical (unpaired) electrons. The third-order valence-electron chi connectivity index (χ3n) is 9.39. The van der Waals surface area contributed by atoms with Gasteiger partial charge in [0.1, 0.15) is 0 Å². The zero-order chi connectivity index (χ0) is 21.0. The second-order valence-corrected chi connectivity index (χ2v) is 12.6. The highest BCUT2D eigenvalue weighted by atomic mass is 32.1. The molecule has 3 aliphatic carbocycles. The Balaban J connectivity index is 1.65. The number of rotatable bonds is 9. The van der Waals surface area contributed by atoms with Crippen LogP contribution < -0.4 is 0 Å². The average Bonchev–Trinajstić information content (AvgIpc) is 3.16. The van der Waals surface area contributed by atoms with Gasteiger partial charge in [0.05, 0.1) is 0 Å². The van der Waals surface area contributed by atoms with E-state index in [4.69, 9.17) is 12.6 Å². The lowest BCUT2D eigenvalue weighted by atomic mass is 9.54. The molecule has 0 heterocycles. The average molecular weight is 419 g/mol. The summed E-state index contributed by atoms with van der Waals surface area (Å²) in [7, 11) is 0. The van der Waals surface area contributed by atoms with Gasteiger partial charge in [-0.2, -0.15) is 12.6 Å². The van der Waals surface area contributed by atoms with E-state index in [0.29, 0.717) is 10.7 Å². The molecular formula is C28H50S. The zero-order valence-corrected chi connectivity index (χ0v) is 21.2. The molecule has 3 aliphatic rings. The molecule has 2 saturated carbocycles. The largest absolute Gasteiger partial charge is 0.176 e. The van der Waals surface area contributed by atoms with Gasteiger partial charge in [-0.05, 0) is 92.3 Å². The van der Waals surface area contributed by atoms with E-state index in [1.165, 1.54) is 83.5 Å². The molecule has 29 heavy (non-hydrogen) atoms. The smallest absolute Gasteiger partial charge is 0.00545 e. The zero-order valence-electron chi connectivity index (χ0n) is 20.3. The summed E-state index contributed by atoms with van der Waals surface area (Å²) in [5.41, 5.74) is 2.27. The fraction of sp³-hybridized carbons (Fsp3) is 0.929. The first kappa shape index (κ1) is 23.7. The van der Waals surface area contributed by atoms with Gasteiger partial charge in [0.2, 0.25) is 0 Å². The van der Waals surface area contributed by atoms with Crippen molar-refractivity contribution >= 4 is 12.6 Å². The predicted octanol–water partition coefficient (Wildman–Crippen LogP) is 9.11. The summed E-state index contributed by atoms with van der Waals surface area (Å²) in [5.74, 6) is 5.71. The fourth-order valence-electron chi connectivity index (χ4n) is 7.39. The SMILES string of the molecule is CCCC[C@H]1[C@H]([C@@H]2CC[C@H]([C@H](C)CCCC(C)C)C2)CC=C2C[C@@H](S)CC[C@@]21C. The number of allylic oxidation sites excluding steroid dienone is 2. The quantitative estimate of drug-likeness (QED) is 0.280. The molecule has 3 rings (SSSR count). The molecule has 1 heteroatoms. The van der Waals surface area contributed by atoms with Gasteiger partial charge < -0.3 is 0 Å². The van der Waals surface area contributed by atoms with Crippen LogP contribution in [0.2, 0.25) is 0 Å². The highest BCUT2D eigenvalue weighted by Gasteiger charge is 2.48. The molecule has 0 aromatic heterocycles. The van der Waals surface area contributed by atoms with E-state index < -0.39 is 0 Å². The Hall–Kier alpha value is 0.0900. The van der Waals surface area contributed by atoms with Crippen LogP contribution in [0.5, 0.6) is 0 Å². The number of thiol groups is 1. The molecule has 0 aliphatic heterocycles. The minimum absolute atomic E-state index is 0.484. The second-order valence-electron chi connectivity index (χ2n) is 11.8. The van der Waals surface area contributed by atoms with E-state index in [1.807, 2.05) is 0 Å². The summed E-state index contributed by atoms with van der Waals surface area (Å²) in [4.78, 5) is 0. The van der Waals surface area contributed by atoms with Crippen LogP contribution in [0.1, 0.15) is 118 Å².